The second kappa shape index (κ2) is 5.43. The topological polar surface area (TPSA) is 26.0 Å². The van der Waals surface area contributed by atoms with Crippen molar-refractivity contribution in [2.45, 2.75) is 10.6 Å². The molecule has 0 amide bonds. The third-order valence-electron chi connectivity index (χ3n) is 2.30. The zero-order chi connectivity index (χ0) is 12.3. The molecule has 0 saturated carbocycles. The minimum atomic E-state index is -0.188. The maximum absolute atomic E-state index is 13.4. The summed E-state index contributed by atoms with van der Waals surface area (Å²) < 4.78 is 13.4. The summed E-state index contributed by atoms with van der Waals surface area (Å²) in [4.78, 5) is 0.907. The Hall–Kier alpha value is -1.19. The van der Waals surface area contributed by atoms with Crippen molar-refractivity contribution in [3.63, 3.8) is 0 Å². The van der Waals surface area contributed by atoms with Crippen molar-refractivity contribution in [3.05, 3.63) is 58.9 Å². The van der Waals surface area contributed by atoms with Crippen molar-refractivity contribution in [2.24, 2.45) is 0 Å². The molecule has 88 valence electrons. The predicted molar refractivity (Wildman–Crippen MR) is 71.8 cm³/mol. The van der Waals surface area contributed by atoms with Gasteiger partial charge in [-0.1, -0.05) is 29.8 Å². The van der Waals surface area contributed by atoms with Crippen molar-refractivity contribution >= 4 is 29.1 Å². The highest BCUT2D eigenvalue weighted by Gasteiger charge is 2.05. The zero-order valence-corrected chi connectivity index (χ0v) is 10.6. The van der Waals surface area contributed by atoms with Crippen molar-refractivity contribution in [1.82, 2.24) is 0 Å². The van der Waals surface area contributed by atoms with Crippen LogP contribution in [0.1, 0.15) is 5.56 Å². The van der Waals surface area contributed by atoms with Gasteiger partial charge < -0.3 is 5.73 Å². The number of hydrogen-bond acceptors (Lipinski definition) is 2. The highest BCUT2D eigenvalue weighted by atomic mass is 35.5. The smallest absolute Gasteiger partial charge is 0.127 e. The summed E-state index contributed by atoms with van der Waals surface area (Å²) in [6.45, 7) is 0. The molecule has 2 N–H and O–H groups in total. The lowest BCUT2D eigenvalue weighted by Crippen LogP contribution is -1.88. The van der Waals surface area contributed by atoms with Gasteiger partial charge in [0.25, 0.3) is 0 Å². The largest absolute Gasteiger partial charge is 0.399 e. The highest BCUT2D eigenvalue weighted by molar-refractivity contribution is 7.98. The first-order valence-corrected chi connectivity index (χ1v) is 6.44. The number of rotatable bonds is 3. The minimum absolute atomic E-state index is 0.188. The van der Waals surface area contributed by atoms with E-state index in [4.69, 9.17) is 17.3 Å². The van der Waals surface area contributed by atoms with Gasteiger partial charge in [0.2, 0.25) is 0 Å². The molecule has 0 spiro atoms. The SMILES string of the molecule is Nc1ccc(SCc2ccccc2F)c(Cl)c1. The molecule has 4 heteroatoms. The first kappa shape index (κ1) is 12.3. The monoisotopic (exact) mass is 267 g/mol. The summed E-state index contributed by atoms with van der Waals surface area (Å²) >= 11 is 7.54. The van der Waals surface area contributed by atoms with Gasteiger partial charge in [0, 0.05) is 16.3 Å². The van der Waals surface area contributed by atoms with Gasteiger partial charge in [0.15, 0.2) is 0 Å². The molecule has 0 aliphatic carbocycles. The maximum atomic E-state index is 13.4. The quantitative estimate of drug-likeness (QED) is 0.661. The Labute approximate surface area is 109 Å². The molecule has 2 rings (SSSR count). The van der Waals surface area contributed by atoms with Gasteiger partial charge in [0.1, 0.15) is 5.82 Å². The van der Waals surface area contributed by atoms with E-state index >= 15 is 0 Å². The van der Waals surface area contributed by atoms with Gasteiger partial charge in [-0.2, -0.15) is 0 Å². The van der Waals surface area contributed by atoms with E-state index in [1.807, 2.05) is 12.1 Å². The van der Waals surface area contributed by atoms with E-state index in [1.165, 1.54) is 17.8 Å². The average molecular weight is 268 g/mol. The van der Waals surface area contributed by atoms with Crippen LogP contribution in [0, 0.1) is 5.82 Å². The number of thioether (sulfide) groups is 1. The molecular weight excluding hydrogens is 257 g/mol. The first-order chi connectivity index (χ1) is 8.16. The van der Waals surface area contributed by atoms with Gasteiger partial charge in [-0.05, 0) is 29.8 Å². The molecule has 0 fully saturated rings. The lowest BCUT2D eigenvalue weighted by Gasteiger charge is -2.05. The number of halogens is 2. The van der Waals surface area contributed by atoms with Crippen LogP contribution in [0.4, 0.5) is 10.1 Å². The molecule has 0 unspecified atom stereocenters. The molecule has 0 heterocycles. The molecule has 2 aromatic rings. The van der Waals surface area contributed by atoms with Crippen LogP contribution in [0.5, 0.6) is 0 Å². The Morgan fingerprint density at radius 3 is 2.65 bits per heavy atom. The zero-order valence-electron chi connectivity index (χ0n) is 8.99. The van der Waals surface area contributed by atoms with Crippen LogP contribution in [0.25, 0.3) is 0 Å². The molecule has 2 aromatic carbocycles. The number of hydrogen-bond donors (Lipinski definition) is 1. The number of anilines is 1. The third kappa shape index (κ3) is 3.14. The number of benzene rings is 2. The van der Waals surface area contributed by atoms with E-state index in [-0.39, 0.29) is 5.82 Å². The average Bonchev–Trinajstić information content (AvgIpc) is 2.30. The summed E-state index contributed by atoms with van der Waals surface area (Å²) in [6.07, 6.45) is 0. The van der Waals surface area contributed by atoms with Crippen LogP contribution < -0.4 is 5.73 Å². The predicted octanol–water partition coefficient (Wildman–Crippen LogP) is 4.35. The summed E-state index contributed by atoms with van der Waals surface area (Å²) in [5, 5.41) is 0.603. The van der Waals surface area contributed by atoms with E-state index in [0.717, 1.165) is 4.90 Å². The molecule has 0 aromatic heterocycles. The second-order valence-electron chi connectivity index (χ2n) is 3.57. The Balaban J connectivity index is 2.10. The van der Waals surface area contributed by atoms with E-state index in [2.05, 4.69) is 0 Å². The highest BCUT2D eigenvalue weighted by Crippen LogP contribution is 2.31. The van der Waals surface area contributed by atoms with E-state index < -0.39 is 0 Å². The Morgan fingerprint density at radius 2 is 1.94 bits per heavy atom. The lowest BCUT2D eigenvalue weighted by molar-refractivity contribution is 0.617. The van der Waals surface area contributed by atoms with Crippen molar-refractivity contribution < 1.29 is 4.39 Å². The van der Waals surface area contributed by atoms with Crippen LogP contribution in [0.3, 0.4) is 0 Å². The van der Waals surface area contributed by atoms with Crippen LogP contribution >= 0.6 is 23.4 Å². The maximum Gasteiger partial charge on any atom is 0.127 e. The summed E-state index contributed by atoms with van der Waals surface area (Å²) in [5.74, 6) is 0.364. The molecule has 0 aliphatic rings. The second-order valence-corrected chi connectivity index (χ2v) is 4.99. The third-order valence-corrected chi connectivity index (χ3v) is 3.84. The Bertz CT molecular complexity index is 531. The number of nitrogen functional groups attached to an aromatic ring is 1. The molecule has 0 radical (unpaired) electrons. The fourth-order valence-electron chi connectivity index (χ4n) is 1.41. The normalized spacial score (nSPS) is 10.5. The molecular formula is C13H11ClFNS. The Morgan fingerprint density at radius 1 is 1.18 bits per heavy atom. The molecule has 1 nitrogen and oxygen atoms in total. The molecule has 0 aliphatic heterocycles. The van der Waals surface area contributed by atoms with Crippen molar-refractivity contribution in [3.8, 4) is 0 Å². The lowest BCUT2D eigenvalue weighted by atomic mass is 10.2. The van der Waals surface area contributed by atoms with E-state index in [0.29, 0.717) is 22.0 Å². The van der Waals surface area contributed by atoms with Gasteiger partial charge >= 0.3 is 0 Å². The van der Waals surface area contributed by atoms with Gasteiger partial charge in [-0.3, -0.25) is 0 Å². The van der Waals surface area contributed by atoms with Gasteiger partial charge in [0.05, 0.1) is 5.02 Å². The van der Waals surface area contributed by atoms with Crippen LogP contribution in [0.15, 0.2) is 47.4 Å². The first-order valence-electron chi connectivity index (χ1n) is 5.08. The van der Waals surface area contributed by atoms with E-state index in [1.54, 1.807) is 24.3 Å². The van der Waals surface area contributed by atoms with Crippen molar-refractivity contribution in [2.75, 3.05) is 5.73 Å². The summed E-state index contributed by atoms with van der Waals surface area (Å²) in [7, 11) is 0. The molecule has 17 heavy (non-hydrogen) atoms. The molecule has 0 bridgehead atoms. The van der Waals surface area contributed by atoms with Crippen LogP contribution in [-0.2, 0) is 5.75 Å². The van der Waals surface area contributed by atoms with E-state index in [9.17, 15) is 4.39 Å². The molecule has 0 saturated heterocycles. The van der Waals surface area contributed by atoms with Crippen LogP contribution in [0.2, 0.25) is 5.02 Å². The number of nitrogens with two attached hydrogens (primary N) is 1. The summed E-state index contributed by atoms with van der Waals surface area (Å²) in [6, 6.07) is 12.1. The fraction of sp³-hybridized carbons (Fsp3) is 0.0769. The molecule has 0 atom stereocenters. The van der Waals surface area contributed by atoms with Gasteiger partial charge in [-0.25, -0.2) is 4.39 Å². The fourth-order valence-corrected chi connectivity index (χ4v) is 2.66. The standard InChI is InChI=1S/C13H11ClFNS/c14-11-7-10(16)5-6-13(11)17-8-9-3-1-2-4-12(9)15/h1-7H,8,16H2. The van der Waals surface area contributed by atoms with Gasteiger partial charge in [-0.15, -0.1) is 11.8 Å². The van der Waals surface area contributed by atoms with Crippen molar-refractivity contribution in [1.29, 1.82) is 0 Å². The van der Waals surface area contributed by atoms with Crippen LogP contribution in [-0.4, -0.2) is 0 Å². The minimum Gasteiger partial charge on any atom is -0.399 e. The summed E-state index contributed by atoms with van der Waals surface area (Å²) in [5.41, 5.74) is 6.91. The Kier molecular flexibility index (Phi) is 3.92.